The molecule has 0 aromatic rings. The summed E-state index contributed by atoms with van der Waals surface area (Å²) in [5.74, 6) is -0.461. The van der Waals surface area contributed by atoms with Crippen molar-refractivity contribution in [3.05, 3.63) is 0 Å². The molecule has 5 nitrogen and oxygen atoms in total. The number of carbonyl (C=O) groups is 2. The topological polar surface area (TPSA) is 92.4 Å². The molecule has 0 bridgehead atoms. The minimum absolute atomic E-state index is 0.0208. The molecular weight excluding hydrogens is 216 g/mol. The van der Waals surface area contributed by atoms with Gasteiger partial charge in [-0.05, 0) is 25.0 Å². The molecule has 0 unspecified atom stereocenters. The SMILES string of the molecule is N[C@@H](CCCCNC(=O)CCS)C(=O)O. The zero-order chi connectivity index (χ0) is 11.7. The Kier molecular flexibility index (Phi) is 8.12. The minimum atomic E-state index is -0.978. The van der Waals surface area contributed by atoms with E-state index in [9.17, 15) is 9.59 Å². The second-order valence-corrected chi connectivity index (χ2v) is 3.71. The maximum atomic E-state index is 11.0. The average Bonchev–Trinajstić information content (AvgIpc) is 2.17. The number of nitrogens with two attached hydrogens (primary N) is 1. The highest BCUT2D eigenvalue weighted by Crippen LogP contribution is 1.98. The van der Waals surface area contributed by atoms with Gasteiger partial charge in [-0.15, -0.1) is 0 Å². The minimum Gasteiger partial charge on any atom is -0.480 e. The molecule has 0 aromatic heterocycles. The first kappa shape index (κ1) is 14.2. The summed E-state index contributed by atoms with van der Waals surface area (Å²) in [7, 11) is 0. The number of amides is 1. The van der Waals surface area contributed by atoms with Crippen LogP contribution in [0.1, 0.15) is 25.7 Å². The smallest absolute Gasteiger partial charge is 0.320 e. The summed E-state index contributed by atoms with van der Waals surface area (Å²) < 4.78 is 0. The van der Waals surface area contributed by atoms with Crippen molar-refractivity contribution in [2.45, 2.75) is 31.7 Å². The van der Waals surface area contributed by atoms with Crippen molar-refractivity contribution in [2.24, 2.45) is 5.73 Å². The van der Waals surface area contributed by atoms with E-state index in [4.69, 9.17) is 10.8 Å². The van der Waals surface area contributed by atoms with Crippen molar-refractivity contribution < 1.29 is 14.7 Å². The van der Waals surface area contributed by atoms with Gasteiger partial charge in [-0.1, -0.05) is 0 Å². The third-order valence-electron chi connectivity index (χ3n) is 1.92. The van der Waals surface area contributed by atoms with Gasteiger partial charge in [0.15, 0.2) is 0 Å². The molecule has 0 saturated carbocycles. The summed E-state index contributed by atoms with van der Waals surface area (Å²) in [6.07, 6.45) is 2.31. The molecule has 0 aliphatic heterocycles. The number of carboxylic acid groups (broad SMARTS) is 1. The molecule has 15 heavy (non-hydrogen) atoms. The Balaban J connectivity index is 3.32. The fourth-order valence-corrected chi connectivity index (χ4v) is 1.23. The molecule has 4 N–H and O–H groups in total. The van der Waals surface area contributed by atoms with Gasteiger partial charge < -0.3 is 16.2 Å². The van der Waals surface area contributed by atoms with Gasteiger partial charge in [0, 0.05) is 13.0 Å². The molecule has 6 heteroatoms. The third-order valence-corrected chi connectivity index (χ3v) is 2.14. The van der Waals surface area contributed by atoms with Crippen molar-refractivity contribution in [3.8, 4) is 0 Å². The lowest BCUT2D eigenvalue weighted by Gasteiger charge is -2.06. The van der Waals surface area contributed by atoms with Crippen LogP contribution in [0.5, 0.6) is 0 Å². The van der Waals surface area contributed by atoms with E-state index >= 15 is 0 Å². The highest BCUT2D eigenvalue weighted by molar-refractivity contribution is 7.80. The van der Waals surface area contributed by atoms with Gasteiger partial charge in [-0.2, -0.15) is 12.6 Å². The van der Waals surface area contributed by atoms with Crippen LogP contribution < -0.4 is 11.1 Å². The fourth-order valence-electron chi connectivity index (χ4n) is 1.03. The van der Waals surface area contributed by atoms with E-state index < -0.39 is 12.0 Å². The van der Waals surface area contributed by atoms with Crippen LogP contribution in [0.2, 0.25) is 0 Å². The lowest BCUT2D eigenvalue weighted by molar-refractivity contribution is -0.138. The normalized spacial score (nSPS) is 12.1. The van der Waals surface area contributed by atoms with Crippen LogP contribution in [0.4, 0.5) is 0 Å². The first-order chi connectivity index (χ1) is 7.07. The Morgan fingerprint density at radius 2 is 2.07 bits per heavy atom. The second kappa shape index (κ2) is 8.55. The highest BCUT2D eigenvalue weighted by Gasteiger charge is 2.09. The van der Waals surface area contributed by atoms with E-state index in [-0.39, 0.29) is 5.91 Å². The van der Waals surface area contributed by atoms with E-state index in [2.05, 4.69) is 17.9 Å². The molecule has 0 saturated heterocycles. The number of thiol groups is 1. The van der Waals surface area contributed by atoms with Gasteiger partial charge in [0.05, 0.1) is 0 Å². The molecular formula is C9H18N2O3S. The maximum Gasteiger partial charge on any atom is 0.320 e. The number of aliphatic carboxylic acids is 1. The summed E-state index contributed by atoms with van der Waals surface area (Å²) in [5.41, 5.74) is 5.31. The van der Waals surface area contributed by atoms with Crippen LogP contribution in [0.3, 0.4) is 0 Å². The maximum absolute atomic E-state index is 11.0. The zero-order valence-electron chi connectivity index (χ0n) is 8.61. The molecule has 0 fully saturated rings. The molecule has 0 radical (unpaired) electrons. The molecule has 1 atom stereocenters. The first-order valence-corrected chi connectivity index (χ1v) is 5.57. The number of rotatable bonds is 8. The molecule has 1 amide bonds. The Hall–Kier alpha value is -0.750. The zero-order valence-corrected chi connectivity index (χ0v) is 9.50. The Morgan fingerprint density at radius 1 is 1.40 bits per heavy atom. The highest BCUT2D eigenvalue weighted by atomic mass is 32.1. The Bertz CT molecular complexity index is 212. The van der Waals surface area contributed by atoms with Crippen LogP contribution >= 0.6 is 12.6 Å². The van der Waals surface area contributed by atoms with Crippen LogP contribution in [0.15, 0.2) is 0 Å². The van der Waals surface area contributed by atoms with Gasteiger partial charge in [0.2, 0.25) is 5.91 Å². The fraction of sp³-hybridized carbons (Fsp3) is 0.778. The summed E-state index contributed by atoms with van der Waals surface area (Å²) in [4.78, 5) is 21.3. The van der Waals surface area contributed by atoms with E-state index in [1.54, 1.807) is 0 Å². The van der Waals surface area contributed by atoms with E-state index in [0.717, 1.165) is 6.42 Å². The number of unbranched alkanes of at least 4 members (excludes halogenated alkanes) is 1. The number of carboxylic acids is 1. The van der Waals surface area contributed by atoms with Crippen molar-refractivity contribution in [1.29, 1.82) is 0 Å². The van der Waals surface area contributed by atoms with E-state index in [0.29, 0.717) is 31.6 Å². The Labute approximate surface area is 94.8 Å². The Morgan fingerprint density at radius 3 is 2.60 bits per heavy atom. The molecule has 0 rings (SSSR count). The largest absolute Gasteiger partial charge is 0.480 e. The standard InChI is InChI=1S/C9H18N2O3S/c10-7(9(13)14)3-1-2-5-11-8(12)4-6-15/h7,15H,1-6,10H2,(H,11,12)(H,13,14)/t7-/m0/s1. The molecule has 0 spiro atoms. The third kappa shape index (κ3) is 8.26. The number of carbonyl (C=O) groups excluding carboxylic acids is 1. The van der Waals surface area contributed by atoms with Crippen LogP contribution in [0.25, 0.3) is 0 Å². The molecule has 0 aliphatic rings. The van der Waals surface area contributed by atoms with Crippen LogP contribution in [-0.2, 0) is 9.59 Å². The molecule has 88 valence electrons. The number of hydrogen-bond donors (Lipinski definition) is 4. The second-order valence-electron chi connectivity index (χ2n) is 3.26. The monoisotopic (exact) mass is 234 g/mol. The first-order valence-electron chi connectivity index (χ1n) is 4.94. The van der Waals surface area contributed by atoms with E-state index in [1.807, 2.05) is 0 Å². The van der Waals surface area contributed by atoms with Crippen LogP contribution in [-0.4, -0.2) is 35.3 Å². The molecule has 0 aromatic carbocycles. The quantitative estimate of drug-likeness (QED) is 0.351. The number of hydrogen-bond acceptors (Lipinski definition) is 4. The van der Waals surface area contributed by atoms with Gasteiger partial charge >= 0.3 is 5.97 Å². The van der Waals surface area contributed by atoms with Gasteiger partial charge in [-0.25, -0.2) is 0 Å². The van der Waals surface area contributed by atoms with Gasteiger partial charge in [-0.3, -0.25) is 9.59 Å². The summed E-state index contributed by atoms with van der Waals surface area (Å²) in [6.45, 7) is 0.568. The average molecular weight is 234 g/mol. The lowest BCUT2D eigenvalue weighted by Crippen LogP contribution is -2.30. The van der Waals surface area contributed by atoms with Gasteiger partial charge in [0.25, 0.3) is 0 Å². The molecule has 0 aliphatic carbocycles. The number of nitrogens with one attached hydrogen (secondary N) is 1. The van der Waals surface area contributed by atoms with Crippen molar-refractivity contribution in [2.75, 3.05) is 12.3 Å². The van der Waals surface area contributed by atoms with Crippen molar-refractivity contribution >= 4 is 24.5 Å². The summed E-state index contributed by atoms with van der Waals surface area (Å²) in [5, 5.41) is 11.2. The van der Waals surface area contributed by atoms with Crippen molar-refractivity contribution in [3.63, 3.8) is 0 Å². The van der Waals surface area contributed by atoms with Crippen molar-refractivity contribution in [1.82, 2.24) is 5.32 Å². The van der Waals surface area contributed by atoms with Gasteiger partial charge in [0.1, 0.15) is 6.04 Å². The molecule has 0 heterocycles. The van der Waals surface area contributed by atoms with Crippen LogP contribution in [0, 0.1) is 0 Å². The van der Waals surface area contributed by atoms with E-state index in [1.165, 1.54) is 0 Å². The summed E-state index contributed by atoms with van der Waals surface area (Å²) in [6, 6.07) is -0.793. The summed E-state index contributed by atoms with van der Waals surface area (Å²) >= 11 is 3.93. The predicted octanol–water partition coefficient (Wildman–Crippen LogP) is 0.00470. The predicted molar refractivity (Wildman–Crippen MR) is 60.9 cm³/mol. The lowest BCUT2D eigenvalue weighted by atomic mass is 10.1.